The summed E-state index contributed by atoms with van der Waals surface area (Å²) in [5, 5.41) is 17.1. The third kappa shape index (κ3) is 6.55. The minimum atomic E-state index is -0.896. The number of carboxylic acid groups (broad SMARTS) is 2. The Kier molecular flexibility index (Phi) is 8.16. The maximum Gasteiger partial charge on any atom is 0.331 e. The summed E-state index contributed by atoms with van der Waals surface area (Å²) in [7, 11) is 0. The molecular formula is C16H28O4. The Hall–Kier alpha value is -1.58. The number of aliphatic carboxylic acids is 2. The van der Waals surface area contributed by atoms with Crippen LogP contribution in [0.1, 0.15) is 54.4 Å². The molecule has 0 rings (SSSR count). The van der Waals surface area contributed by atoms with Gasteiger partial charge >= 0.3 is 11.9 Å². The predicted molar refractivity (Wildman–Crippen MR) is 81.7 cm³/mol. The van der Waals surface area contributed by atoms with Crippen molar-refractivity contribution < 1.29 is 19.8 Å². The molecule has 0 spiro atoms. The third-order valence-electron chi connectivity index (χ3n) is 3.92. The molecule has 0 aliphatic carbocycles. The number of hydrogen-bond acceptors (Lipinski definition) is 2. The zero-order valence-corrected chi connectivity index (χ0v) is 13.5. The summed E-state index contributed by atoms with van der Waals surface area (Å²) in [6, 6.07) is 0. The highest BCUT2D eigenvalue weighted by atomic mass is 16.4. The van der Waals surface area contributed by atoms with Gasteiger partial charge in [0.15, 0.2) is 0 Å². The van der Waals surface area contributed by atoms with Crippen LogP contribution in [0.15, 0.2) is 24.3 Å². The molecule has 4 heteroatoms. The van der Waals surface area contributed by atoms with Crippen molar-refractivity contribution in [1.82, 2.24) is 0 Å². The van der Waals surface area contributed by atoms with E-state index in [0.717, 1.165) is 12.8 Å². The minimum Gasteiger partial charge on any atom is -0.478 e. The highest BCUT2D eigenvalue weighted by Gasteiger charge is 2.24. The molecule has 0 saturated carbocycles. The normalized spacial score (nSPS) is 11.1. The topological polar surface area (TPSA) is 74.6 Å². The van der Waals surface area contributed by atoms with Crippen LogP contribution in [0.4, 0.5) is 0 Å². The molecule has 0 amide bonds. The van der Waals surface area contributed by atoms with Gasteiger partial charge in [-0.25, -0.2) is 9.59 Å². The maximum atomic E-state index is 10.4. The molecule has 0 aromatic carbocycles. The first-order chi connectivity index (χ1) is 8.83. The molecular weight excluding hydrogens is 256 g/mol. The van der Waals surface area contributed by atoms with Gasteiger partial charge in [-0.2, -0.15) is 0 Å². The molecule has 20 heavy (non-hydrogen) atoms. The van der Waals surface area contributed by atoms with Crippen molar-refractivity contribution in [3.05, 3.63) is 24.3 Å². The van der Waals surface area contributed by atoms with E-state index in [-0.39, 0.29) is 22.0 Å². The molecule has 116 valence electrons. The average Bonchev–Trinajstić information content (AvgIpc) is 2.37. The molecule has 0 unspecified atom stereocenters. The second-order valence-corrected chi connectivity index (χ2v) is 6.04. The lowest BCUT2D eigenvalue weighted by Crippen LogP contribution is -2.19. The number of carbonyl (C=O) groups is 2. The fraction of sp³-hybridized carbons (Fsp3) is 0.625. The Morgan fingerprint density at radius 2 is 1.00 bits per heavy atom. The first-order valence-electron chi connectivity index (χ1n) is 6.68. The zero-order valence-electron chi connectivity index (χ0n) is 13.5. The lowest BCUT2D eigenvalue weighted by Gasteiger charge is -2.21. The van der Waals surface area contributed by atoms with E-state index in [1.54, 1.807) is 0 Å². The molecule has 0 aromatic heterocycles. The van der Waals surface area contributed by atoms with Crippen molar-refractivity contribution in [1.29, 1.82) is 0 Å². The van der Waals surface area contributed by atoms with Gasteiger partial charge < -0.3 is 10.2 Å². The van der Waals surface area contributed by atoms with Gasteiger partial charge in [0.1, 0.15) is 0 Å². The van der Waals surface area contributed by atoms with Gasteiger partial charge in [0, 0.05) is 11.1 Å². The third-order valence-corrected chi connectivity index (χ3v) is 3.92. The van der Waals surface area contributed by atoms with E-state index in [9.17, 15) is 9.59 Å². The lowest BCUT2D eigenvalue weighted by molar-refractivity contribution is -0.134. The van der Waals surface area contributed by atoms with Crippen molar-refractivity contribution >= 4 is 11.9 Å². The SMILES string of the molecule is C=C(C(=O)O)C(C)(C)CC.C=C(C(=O)O)C(C)(C)CC. The van der Waals surface area contributed by atoms with Crippen molar-refractivity contribution in [2.75, 3.05) is 0 Å². The van der Waals surface area contributed by atoms with E-state index >= 15 is 0 Å². The molecule has 0 aliphatic rings. The molecule has 0 heterocycles. The Bertz CT molecular complexity index is 351. The van der Waals surface area contributed by atoms with Gasteiger partial charge in [0.25, 0.3) is 0 Å². The van der Waals surface area contributed by atoms with Gasteiger partial charge in [0.05, 0.1) is 0 Å². The van der Waals surface area contributed by atoms with E-state index in [1.165, 1.54) is 0 Å². The maximum absolute atomic E-state index is 10.4. The van der Waals surface area contributed by atoms with Crippen LogP contribution in [0.5, 0.6) is 0 Å². The molecule has 0 aromatic rings. The fourth-order valence-corrected chi connectivity index (χ4v) is 1.01. The zero-order chi connectivity index (χ0) is 16.7. The molecule has 4 nitrogen and oxygen atoms in total. The smallest absolute Gasteiger partial charge is 0.331 e. The van der Waals surface area contributed by atoms with Gasteiger partial charge in [-0.05, 0) is 23.7 Å². The van der Waals surface area contributed by atoms with Crippen LogP contribution in [-0.4, -0.2) is 22.2 Å². The highest BCUT2D eigenvalue weighted by molar-refractivity contribution is 5.87. The van der Waals surface area contributed by atoms with Gasteiger partial charge in [-0.3, -0.25) is 0 Å². The lowest BCUT2D eigenvalue weighted by atomic mass is 9.83. The Morgan fingerprint density at radius 1 is 0.800 bits per heavy atom. The van der Waals surface area contributed by atoms with Crippen LogP contribution in [0.3, 0.4) is 0 Å². The second kappa shape index (κ2) is 7.88. The van der Waals surface area contributed by atoms with Crippen LogP contribution < -0.4 is 0 Å². The van der Waals surface area contributed by atoms with Crippen LogP contribution in [0, 0.1) is 10.8 Å². The van der Waals surface area contributed by atoms with Crippen molar-refractivity contribution in [3.63, 3.8) is 0 Å². The monoisotopic (exact) mass is 284 g/mol. The van der Waals surface area contributed by atoms with E-state index in [2.05, 4.69) is 13.2 Å². The average molecular weight is 284 g/mol. The largest absolute Gasteiger partial charge is 0.478 e. The molecule has 0 aliphatic heterocycles. The summed E-state index contributed by atoms with van der Waals surface area (Å²) >= 11 is 0. The molecule has 0 atom stereocenters. The standard InChI is InChI=1S/2C8H14O2/c2*1-5-8(3,4)6(2)7(9)10/h2*2,5H2,1,3-4H3,(H,9,10). The van der Waals surface area contributed by atoms with Crippen molar-refractivity contribution in [3.8, 4) is 0 Å². The van der Waals surface area contributed by atoms with Gasteiger partial charge in [0.2, 0.25) is 0 Å². The minimum absolute atomic E-state index is 0.272. The van der Waals surface area contributed by atoms with E-state index in [1.807, 2.05) is 41.5 Å². The Balaban J connectivity index is 0. The predicted octanol–water partition coefficient (Wildman–Crippen LogP) is 4.13. The summed E-state index contributed by atoms with van der Waals surface area (Å²) in [5.74, 6) is -1.79. The van der Waals surface area contributed by atoms with E-state index in [0.29, 0.717) is 0 Å². The van der Waals surface area contributed by atoms with Gasteiger partial charge in [-0.15, -0.1) is 0 Å². The summed E-state index contributed by atoms with van der Waals surface area (Å²) < 4.78 is 0. The first kappa shape index (κ1) is 20.7. The second-order valence-electron chi connectivity index (χ2n) is 6.04. The fourth-order valence-electron chi connectivity index (χ4n) is 1.01. The van der Waals surface area contributed by atoms with Crippen LogP contribution in [0.2, 0.25) is 0 Å². The number of rotatable bonds is 6. The number of hydrogen-bond donors (Lipinski definition) is 2. The summed E-state index contributed by atoms with van der Waals surface area (Å²) in [5.41, 5.74) is 0.0301. The van der Waals surface area contributed by atoms with Crippen LogP contribution in [0.25, 0.3) is 0 Å². The van der Waals surface area contributed by atoms with Crippen molar-refractivity contribution in [2.24, 2.45) is 10.8 Å². The summed E-state index contributed by atoms with van der Waals surface area (Å²) in [6.07, 6.45) is 1.61. The molecule has 0 saturated heterocycles. The van der Waals surface area contributed by atoms with Crippen LogP contribution in [-0.2, 0) is 9.59 Å². The van der Waals surface area contributed by atoms with E-state index < -0.39 is 11.9 Å². The first-order valence-corrected chi connectivity index (χ1v) is 6.68. The van der Waals surface area contributed by atoms with Crippen LogP contribution >= 0.6 is 0 Å². The van der Waals surface area contributed by atoms with E-state index in [4.69, 9.17) is 10.2 Å². The molecule has 0 fully saturated rings. The summed E-state index contributed by atoms with van der Waals surface area (Å²) in [6.45, 7) is 18.4. The molecule has 0 radical (unpaired) electrons. The Labute approximate surface area is 122 Å². The molecule has 0 bridgehead atoms. The number of carboxylic acids is 2. The quantitative estimate of drug-likeness (QED) is 0.719. The Morgan fingerprint density at radius 3 is 1.05 bits per heavy atom. The molecule has 2 N–H and O–H groups in total. The summed E-state index contributed by atoms with van der Waals surface area (Å²) in [4.78, 5) is 20.8. The highest BCUT2D eigenvalue weighted by Crippen LogP contribution is 2.28. The van der Waals surface area contributed by atoms with Crippen molar-refractivity contribution in [2.45, 2.75) is 54.4 Å². The van der Waals surface area contributed by atoms with Gasteiger partial charge in [-0.1, -0.05) is 54.7 Å².